The molecule has 30 heavy (non-hydrogen) atoms. The molecule has 3 rings (SSSR count). The lowest BCUT2D eigenvalue weighted by atomic mass is 9.97. The molecular weight excluding hydrogens is 405 g/mol. The van der Waals surface area contributed by atoms with Gasteiger partial charge in [0.05, 0.1) is 4.90 Å². The molecule has 1 aromatic rings. The van der Waals surface area contributed by atoms with Gasteiger partial charge in [-0.05, 0) is 77.2 Å². The number of hydrogen-bond acceptors (Lipinski definition) is 5. The van der Waals surface area contributed by atoms with E-state index in [2.05, 4.69) is 28.4 Å². The van der Waals surface area contributed by atoms with Crippen LogP contribution in [0.4, 0.5) is 4.39 Å². The van der Waals surface area contributed by atoms with Gasteiger partial charge in [0.15, 0.2) is 0 Å². The molecule has 0 bridgehead atoms. The summed E-state index contributed by atoms with van der Waals surface area (Å²) >= 11 is 0. The number of benzene rings is 1. The molecule has 2 saturated heterocycles. The van der Waals surface area contributed by atoms with E-state index < -0.39 is 15.8 Å². The van der Waals surface area contributed by atoms with E-state index in [9.17, 15) is 12.8 Å². The lowest BCUT2D eigenvalue weighted by Crippen LogP contribution is -2.53. The normalized spacial score (nSPS) is 20.3. The predicted molar refractivity (Wildman–Crippen MR) is 117 cm³/mol. The Morgan fingerprint density at radius 1 is 1.17 bits per heavy atom. The molecule has 8 heteroatoms. The predicted octanol–water partition coefficient (Wildman–Crippen LogP) is 2.77. The summed E-state index contributed by atoms with van der Waals surface area (Å²) in [6.07, 6.45) is 4.18. The molecule has 0 spiro atoms. The van der Waals surface area contributed by atoms with Gasteiger partial charge in [-0.3, -0.25) is 4.90 Å². The number of ether oxygens (including phenoxy) is 1. The second-order valence-electron chi connectivity index (χ2n) is 8.75. The average molecular weight is 442 g/mol. The van der Waals surface area contributed by atoms with Crippen molar-refractivity contribution in [2.45, 2.75) is 69.5 Å². The standard InChI is InChI=1S/C22H36FN3O3S/c1-17(2)25-11-6-20(7-12-25)26(21-8-14-29-15-9-21)13-10-24-30(27,28)22-16-19(23)5-4-18(22)3/h4-5,16-17,20-21,24H,6-15H2,1-3H3. The monoisotopic (exact) mass is 441 g/mol. The van der Waals surface area contributed by atoms with Crippen LogP contribution in [0.15, 0.2) is 23.1 Å². The molecule has 0 atom stereocenters. The number of rotatable bonds is 8. The molecule has 1 aromatic carbocycles. The highest BCUT2D eigenvalue weighted by Gasteiger charge is 2.31. The van der Waals surface area contributed by atoms with Gasteiger partial charge in [0, 0.05) is 44.4 Å². The Morgan fingerprint density at radius 2 is 1.80 bits per heavy atom. The van der Waals surface area contributed by atoms with Gasteiger partial charge in [0.2, 0.25) is 10.0 Å². The number of nitrogens with zero attached hydrogens (tertiary/aromatic N) is 2. The topological polar surface area (TPSA) is 61.9 Å². The van der Waals surface area contributed by atoms with Gasteiger partial charge in [-0.15, -0.1) is 0 Å². The van der Waals surface area contributed by atoms with Crippen LogP contribution in [-0.4, -0.2) is 75.7 Å². The van der Waals surface area contributed by atoms with Gasteiger partial charge in [-0.2, -0.15) is 0 Å². The summed E-state index contributed by atoms with van der Waals surface area (Å²) in [5.41, 5.74) is 0.547. The molecule has 0 unspecified atom stereocenters. The third kappa shape index (κ3) is 6.01. The van der Waals surface area contributed by atoms with Crippen molar-refractivity contribution in [1.29, 1.82) is 0 Å². The summed E-state index contributed by atoms with van der Waals surface area (Å²) in [5, 5.41) is 0. The first kappa shape index (κ1) is 23.6. The Kier molecular flexibility index (Phi) is 8.26. The van der Waals surface area contributed by atoms with Crippen LogP contribution in [0, 0.1) is 12.7 Å². The third-order valence-corrected chi connectivity index (χ3v) is 8.06. The smallest absolute Gasteiger partial charge is 0.240 e. The van der Waals surface area contributed by atoms with Crippen LogP contribution >= 0.6 is 0 Å². The number of nitrogens with one attached hydrogen (secondary N) is 1. The highest BCUT2D eigenvalue weighted by molar-refractivity contribution is 7.89. The molecule has 2 aliphatic rings. The molecule has 2 fully saturated rings. The van der Waals surface area contributed by atoms with Crippen LogP contribution in [0.2, 0.25) is 0 Å². The average Bonchev–Trinajstić information content (AvgIpc) is 2.73. The first-order valence-corrected chi connectivity index (χ1v) is 12.6. The molecule has 0 amide bonds. The van der Waals surface area contributed by atoms with E-state index >= 15 is 0 Å². The number of aryl methyl sites for hydroxylation is 1. The lowest BCUT2D eigenvalue weighted by molar-refractivity contribution is 0.000518. The zero-order valence-corrected chi connectivity index (χ0v) is 19.3. The van der Waals surface area contributed by atoms with Gasteiger partial charge in [0.25, 0.3) is 0 Å². The number of halogens is 1. The second-order valence-corrected chi connectivity index (χ2v) is 10.5. The van der Waals surface area contributed by atoms with E-state index in [1.54, 1.807) is 6.92 Å². The fourth-order valence-electron chi connectivity index (χ4n) is 4.66. The van der Waals surface area contributed by atoms with E-state index in [4.69, 9.17) is 4.74 Å². The molecule has 0 saturated carbocycles. The maximum absolute atomic E-state index is 13.6. The van der Waals surface area contributed by atoms with Gasteiger partial charge in [-0.25, -0.2) is 17.5 Å². The van der Waals surface area contributed by atoms with Crippen molar-refractivity contribution in [2.75, 3.05) is 39.4 Å². The van der Waals surface area contributed by atoms with Gasteiger partial charge >= 0.3 is 0 Å². The van der Waals surface area contributed by atoms with Crippen molar-refractivity contribution < 1.29 is 17.5 Å². The molecular formula is C22H36FN3O3S. The Bertz CT molecular complexity index is 789. The van der Waals surface area contributed by atoms with Crippen LogP contribution in [0.5, 0.6) is 0 Å². The summed E-state index contributed by atoms with van der Waals surface area (Å²) in [4.78, 5) is 5.03. The van der Waals surface area contributed by atoms with Crippen molar-refractivity contribution in [2.24, 2.45) is 0 Å². The van der Waals surface area contributed by atoms with Crippen LogP contribution in [0.3, 0.4) is 0 Å². The van der Waals surface area contributed by atoms with Gasteiger partial charge in [-0.1, -0.05) is 6.07 Å². The maximum atomic E-state index is 13.6. The van der Waals surface area contributed by atoms with Crippen molar-refractivity contribution in [3.63, 3.8) is 0 Å². The molecule has 0 radical (unpaired) electrons. The maximum Gasteiger partial charge on any atom is 0.240 e. The van der Waals surface area contributed by atoms with Crippen molar-refractivity contribution in [1.82, 2.24) is 14.5 Å². The minimum Gasteiger partial charge on any atom is -0.381 e. The minimum atomic E-state index is -3.74. The Morgan fingerprint density at radius 3 is 2.43 bits per heavy atom. The second kappa shape index (κ2) is 10.5. The molecule has 2 heterocycles. The van der Waals surface area contributed by atoms with E-state index in [-0.39, 0.29) is 4.90 Å². The number of hydrogen-bond donors (Lipinski definition) is 1. The van der Waals surface area contributed by atoms with E-state index in [1.807, 2.05) is 0 Å². The zero-order chi connectivity index (χ0) is 21.7. The van der Waals surface area contributed by atoms with Crippen LogP contribution in [0.1, 0.15) is 45.1 Å². The largest absolute Gasteiger partial charge is 0.381 e. The van der Waals surface area contributed by atoms with E-state index in [0.717, 1.165) is 58.1 Å². The molecule has 0 aliphatic carbocycles. The molecule has 0 aromatic heterocycles. The van der Waals surface area contributed by atoms with E-state index in [1.165, 1.54) is 12.1 Å². The lowest BCUT2D eigenvalue weighted by Gasteiger charge is -2.44. The quantitative estimate of drug-likeness (QED) is 0.672. The fourth-order valence-corrected chi connectivity index (χ4v) is 5.94. The van der Waals surface area contributed by atoms with E-state index in [0.29, 0.717) is 36.8 Å². The molecule has 170 valence electrons. The first-order valence-electron chi connectivity index (χ1n) is 11.1. The summed E-state index contributed by atoms with van der Waals surface area (Å²) < 4.78 is 47.3. The SMILES string of the molecule is Cc1ccc(F)cc1S(=O)(=O)NCCN(C1CCOCC1)C1CCN(C(C)C)CC1. The minimum absolute atomic E-state index is 0.0188. The Labute approximate surface area is 180 Å². The highest BCUT2D eigenvalue weighted by atomic mass is 32.2. The summed E-state index contributed by atoms with van der Waals surface area (Å²) in [7, 11) is -3.74. The fraction of sp³-hybridized carbons (Fsp3) is 0.727. The van der Waals surface area contributed by atoms with Crippen molar-refractivity contribution in [3.8, 4) is 0 Å². The highest BCUT2D eigenvalue weighted by Crippen LogP contribution is 2.24. The number of piperidine rings is 1. The number of likely N-dealkylation sites (tertiary alicyclic amines) is 1. The first-order chi connectivity index (χ1) is 14.3. The van der Waals surface area contributed by atoms with Crippen LogP contribution in [-0.2, 0) is 14.8 Å². The van der Waals surface area contributed by atoms with Crippen LogP contribution < -0.4 is 4.72 Å². The van der Waals surface area contributed by atoms with Gasteiger partial charge in [0.1, 0.15) is 5.82 Å². The van der Waals surface area contributed by atoms with Gasteiger partial charge < -0.3 is 9.64 Å². The summed E-state index contributed by atoms with van der Waals surface area (Å²) in [5.74, 6) is -0.540. The van der Waals surface area contributed by atoms with Crippen molar-refractivity contribution >= 4 is 10.0 Å². The zero-order valence-electron chi connectivity index (χ0n) is 18.4. The molecule has 1 N–H and O–H groups in total. The molecule has 6 nitrogen and oxygen atoms in total. The Balaban J connectivity index is 1.64. The molecule has 2 aliphatic heterocycles. The summed E-state index contributed by atoms with van der Waals surface area (Å²) in [6, 6.07) is 5.32. The third-order valence-electron chi connectivity index (χ3n) is 6.46. The Hall–Kier alpha value is -1.06. The van der Waals surface area contributed by atoms with Crippen LogP contribution in [0.25, 0.3) is 0 Å². The van der Waals surface area contributed by atoms with Crippen molar-refractivity contribution in [3.05, 3.63) is 29.6 Å². The number of sulfonamides is 1. The summed E-state index contributed by atoms with van der Waals surface area (Å²) in [6.45, 7) is 10.8.